The van der Waals surface area contributed by atoms with Crippen LogP contribution in [-0.4, -0.2) is 35.6 Å². The van der Waals surface area contributed by atoms with Crippen LogP contribution in [0.3, 0.4) is 0 Å². The number of unbranched alkanes of at least 4 members (excludes halogenated alkanes) is 1. The van der Waals surface area contributed by atoms with Gasteiger partial charge < -0.3 is 0 Å². The van der Waals surface area contributed by atoms with E-state index in [1.807, 2.05) is 6.92 Å². The predicted octanol–water partition coefficient (Wildman–Crippen LogP) is 2.53. The van der Waals surface area contributed by atoms with E-state index in [-0.39, 0.29) is 0 Å². The van der Waals surface area contributed by atoms with E-state index in [2.05, 4.69) is 37.1 Å². The Kier molecular flexibility index (Phi) is 5.42. The first-order chi connectivity index (χ1) is 8.00. The number of nitrogens with zero attached hydrogens (tertiary/aromatic N) is 2. The molecule has 0 aromatic carbocycles. The molecule has 0 aromatic rings. The average Bonchev–Trinajstić information content (AvgIpc) is 3.07. The summed E-state index contributed by atoms with van der Waals surface area (Å²) in [7, 11) is 0. The number of nitrogens with one attached hydrogen (secondary N) is 1. The fraction of sp³-hybridized carbons (Fsp3) is 0.929. The van der Waals surface area contributed by atoms with Gasteiger partial charge in [-0.25, -0.2) is 0 Å². The minimum absolute atomic E-state index is 0.354. The zero-order valence-electron chi connectivity index (χ0n) is 11.8. The second-order valence-corrected chi connectivity index (χ2v) is 5.80. The maximum Gasteiger partial charge on any atom is 0.116 e. The lowest BCUT2D eigenvalue weighted by molar-refractivity contribution is 0.202. The largest absolute Gasteiger partial charge is 0.297 e. The molecule has 98 valence electrons. The number of hydrogen-bond donors (Lipinski definition) is 1. The molecule has 1 atom stereocenters. The Bertz CT molecular complexity index is 265. The van der Waals surface area contributed by atoms with Crippen molar-refractivity contribution in [2.24, 2.45) is 0 Å². The molecule has 0 heterocycles. The molecule has 1 aliphatic carbocycles. The molecule has 0 saturated heterocycles. The molecular formula is C14H27N3. The van der Waals surface area contributed by atoms with Crippen LogP contribution in [0.1, 0.15) is 53.4 Å². The van der Waals surface area contributed by atoms with Gasteiger partial charge >= 0.3 is 0 Å². The molecule has 0 aromatic heterocycles. The summed E-state index contributed by atoms with van der Waals surface area (Å²) in [5, 5.41) is 12.8. The average molecular weight is 237 g/mol. The summed E-state index contributed by atoms with van der Waals surface area (Å²) in [6, 6.07) is 3.54. The molecule has 3 heteroatoms. The molecule has 0 radical (unpaired) electrons. The second kappa shape index (κ2) is 6.37. The fourth-order valence-corrected chi connectivity index (χ4v) is 2.35. The highest BCUT2D eigenvalue weighted by molar-refractivity contribution is 5.07. The highest BCUT2D eigenvalue weighted by Gasteiger charge is 2.34. The van der Waals surface area contributed by atoms with E-state index in [0.717, 1.165) is 19.1 Å². The second-order valence-electron chi connectivity index (χ2n) is 5.80. The van der Waals surface area contributed by atoms with Crippen LogP contribution in [0.2, 0.25) is 0 Å². The third kappa shape index (κ3) is 5.06. The van der Waals surface area contributed by atoms with Gasteiger partial charge in [-0.05, 0) is 46.6 Å². The van der Waals surface area contributed by atoms with Crippen molar-refractivity contribution in [1.82, 2.24) is 10.2 Å². The van der Waals surface area contributed by atoms with E-state index < -0.39 is 5.54 Å². The van der Waals surface area contributed by atoms with Gasteiger partial charge in [0, 0.05) is 18.6 Å². The molecule has 1 saturated carbocycles. The lowest BCUT2D eigenvalue weighted by atomic mass is 10.0. The van der Waals surface area contributed by atoms with Crippen LogP contribution in [0.4, 0.5) is 0 Å². The summed E-state index contributed by atoms with van der Waals surface area (Å²) in [4.78, 5) is 2.50. The summed E-state index contributed by atoms with van der Waals surface area (Å²) in [6.45, 7) is 10.4. The van der Waals surface area contributed by atoms with E-state index in [1.165, 1.54) is 25.7 Å². The Morgan fingerprint density at radius 1 is 1.47 bits per heavy atom. The zero-order chi connectivity index (χ0) is 12.9. The monoisotopic (exact) mass is 237 g/mol. The number of hydrogen-bond acceptors (Lipinski definition) is 3. The molecule has 1 unspecified atom stereocenters. The van der Waals surface area contributed by atoms with Gasteiger partial charge in [0.25, 0.3) is 0 Å². The lowest BCUT2D eigenvalue weighted by Gasteiger charge is -2.33. The van der Waals surface area contributed by atoms with Gasteiger partial charge in [0.15, 0.2) is 0 Å². The first-order valence-electron chi connectivity index (χ1n) is 6.93. The molecule has 0 amide bonds. The molecule has 0 aliphatic heterocycles. The quantitative estimate of drug-likeness (QED) is 0.705. The van der Waals surface area contributed by atoms with Gasteiger partial charge in [0.05, 0.1) is 6.07 Å². The van der Waals surface area contributed by atoms with E-state index in [0.29, 0.717) is 6.04 Å². The van der Waals surface area contributed by atoms with Crippen molar-refractivity contribution >= 4 is 0 Å². The summed E-state index contributed by atoms with van der Waals surface area (Å²) < 4.78 is 0. The maximum atomic E-state index is 9.37. The topological polar surface area (TPSA) is 39.1 Å². The van der Waals surface area contributed by atoms with E-state index in [9.17, 15) is 5.26 Å². The molecule has 1 aliphatic rings. The minimum Gasteiger partial charge on any atom is -0.297 e. The van der Waals surface area contributed by atoms with Crippen LogP contribution >= 0.6 is 0 Å². The molecular weight excluding hydrogens is 210 g/mol. The first-order valence-corrected chi connectivity index (χ1v) is 6.93. The Morgan fingerprint density at radius 2 is 2.12 bits per heavy atom. The van der Waals surface area contributed by atoms with Crippen molar-refractivity contribution in [3.63, 3.8) is 0 Å². The summed E-state index contributed by atoms with van der Waals surface area (Å²) in [5.74, 6) is 0. The molecule has 0 spiro atoms. The molecule has 1 fully saturated rings. The van der Waals surface area contributed by atoms with Crippen LogP contribution in [0.25, 0.3) is 0 Å². The van der Waals surface area contributed by atoms with Gasteiger partial charge in [-0.1, -0.05) is 13.3 Å². The lowest BCUT2D eigenvalue weighted by Crippen LogP contribution is -2.53. The van der Waals surface area contributed by atoms with Crippen molar-refractivity contribution in [3.05, 3.63) is 0 Å². The number of nitriles is 1. The van der Waals surface area contributed by atoms with E-state index in [4.69, 9.17) is 0 Å². The predicted molar refractivity (Wildman–Crippen MR) is 71.8 cm³/mol. The first kappa shape index (κ1) is 14.5. The third-order valence-electron chi connectivity index (χ3n) is 3.24. The molecule has 3 nitrogen and oxygen atoms in total. The van der Waals surface area contributed by atoms with Crippen molar-refractivity contribution in [2.45, 2.75) is 71.0 Å². The SMILES string of the molecule is CCCCN(CC(C)(C#N)NC(C)C)C1CC1. The van der Waals surface area contributed by atoms with Gasteiger partial charge in [-0.3, -0.25) is 10.2 Å². The Hall–Kier alpha value is -0.590. The standard InChI is InChI=1S/C14H27N3/c1-5-6-9-17(13-7-8-13)11-14(4,10-15)16-12(2)3/h12-13,16H,5-9,11H2,1-4H3. The molecule has 17 heavy (non-hydrogen) atoms. The van der Waals surface area contributed by atoms with Crippen LogP contribution in [0.5, 0.6) is 0 Å². The molecule has 0 bridgehead atoms. The Labute approximate surface area is 106 Å². The van der Waals surface area contributed by atoms with Crippen molar-refractivity contribution < 1.29 is 0 Å². The highest BCUT2D eigenvalue weighted by atomic mass is 15.2. The fourth-order valence-electron chi connectivity index (χ4n) is 2.35. The zero-order valence-corrected chi connectivity index (χ0v) is 11.8. The van der Waals surface area contributed by atoms with Crippen LogP contribution in [0, 0.1) is 11.3 Å². The van der Waals surface area contributed by atoms with Crippen molar-refractivity contribution in [3.8, 4) is 6.07 Å². The van der Waals surface area contributed by atoms with Gasteiger partial charge in [-0.2, -0.15) is 5.26 Å². The Morgan fingerprint density at radius 3 is 2.53 bits per heavy atom. The third-order valence-corrected chi connectivity index (χ3v) is 3.24. The summed E-state index contributed by atoms with van der Waals surface area (Å²) >= 11 is 0. The highest BCUT2D eigenvalue weighted by Crippen LogP contribution is 2.28. The normalized spacial score (nSPS) is 19.4. The maximum absolute atomic E-state index is 9.37. The minimum atomic E-state index is -0.412. The van der Waals surface area contributed by atoms with Crippen LogP contribution < -0.4 is 5.32 Å². The smallest absolute Gasteiger partial charge is 0.116 e. The van der Waals surface area contributed by atoms with Gasteiger partial charge in [0.2, 0.25) is 0 Å². The van der Waals surface area contributed by atoms with Crippen molar-refractivity contribution in [1.29, 1.82) is 5.26 Å². The Balaban J connectivity index is 2.53. The summed E-state index contributed by atoms with van der Waals surface area (Å²) in [6.07, 6.45) is 5.09. The molecule has 1 N–H and O–H groups in total. The van der Waals surface area contributed by atoms with E-state index in [1.54, 1.807) is 0 Å². The number of rotatable bonds is 8. The van der Waals surface area contributed by atoms with Crippen molar-refractivity contribution in [2.75, 3.05) is 13.1 Å². The van der Waals surface area contributed by atoms with Gasteiger partial charge in [0.1, 0.15) is 5.54 Å². The van der Waals surface area contributed by atoms with E-state index >= 15 is 0 Å². The van der Waals surface area contributed by atoms with Gasteiger partial charge in [-0.15, -0.1) is 0 Å². The van der Waals surface area contributed by atoms with Crippen LogP contribution in [-0.2, 0) is 0 Å². The van der Waals surface area contributed by atoms with Crippen LogP contribution in [0.15, 0.2) is 0 Å². The molecule has 1 rings (SSSR count). The summed E-state index contributed by atoms with van der Waals surface area (Å²) in [5.41, 5.74) is -0.412.